The highest BCUT2D eigenvalue weighted by molar-refractivity contribution is 8.12. The van der Waals surface area contributed by atoms with Crippen molar-refractivity contribution in [3.05, 3.63) is 33.0 Å². The van der Waals surface area contributed by atoms with Crippen molar-refractivity contribution in [2.45, 2.75) is 95.1 Å². The third kappa shape index (κ3) is 4.93. The molecule has 0 spiro atoms. The normalized spacial score (nSPS) is 16.8. The number of sulfonamides is 2. The van der Waals surface area contributed by atoms with Gasteiger partial charge in [0, 0.05) is 5.25 Å². The maximum atomic E-state index is 13.2. The van der Waals surface area contributed by atoms with Crippen LogP contribution in [0.5, 0.6) is 0 Å². The minimum Gasteiger partial charge on any atom is -0.432 e. The molecule has 0 aliphatic heterocycles. The van der Waals surface area contributed by atoms with Crippen LogP contribution in [0.15, 0.2) is 17.0 Å². The molecule has 2 rings (SSSR count). The summed E-state index contributed by atoms with van der Waals surface area (Å²) in [4.78, 5) is 0.0819. The zero-order chi connectivity index (χ0) is 20.6. The highest BCUT2D eigenvalue weighted by Crippen LogP contribution is 2.39. The van der Waals surface area contributed by atoms with Crippen molar-refractivity contribution in [3.8, 4) is 0 Å². The molecule has 0 atom stereocenters. The summed E-state index contributed by atoms with van der Waals surface area (Å²) in [6.45, 7) is 11.8. The molecule has 1 fully saturated rings. The van der Waals surface area contributed by atoms with Crippen LogP contribution in [0.25, 0.3) is 4.13 Å². The van der Waals surface area contributed by atoms with Gasteiger partial charge in [-0.25, -0.2) is 16.8 Å². The van der Waals surface area contributed by atoms with Gasteiger partial charge in [-0.15, -0.1) is 0 Å². The van der Waals surface area contributed by atoms with Gasteiger partial charge in [0.25, 0.3) is 0 Å². The molecule has 5 nitrogen and oxygen atoms in total. The van der Waals surface area contributed by atoms with Crippen LogP contribution in [-0.2, 0) is 20.0 Å². The standard InChI is InChI=1S/C20H32NO4S2/c1-13(2)16-11-18(14(3)4)20(19(12-16)15(5)6)27(24,25)21-26(22,23)17-9-7-8-10-17/h11-15,17H,7-10H2,1-6H3/q-1. The smallest absolute Gasteiger partial charge is 0.112 e. The minimum atomic E-state index is -4.31. The number of nitrogens with zero attached hydrogens (tertiary/aromatic N) is 1. The van der Waals surface area contributed by atoms with Crippen LogP contribution in [0.4, 0.5) is 0 Å². The van der Waals surface area contributed by atoms with Crippen LogP contribution >= 0.6 is 0 Å². The van der Waals surface area contributed by atoms with Crippen LogP contribution in [0.1, 0.15) is 102 Å². The van der Waals surface area contributed by atoms with Gasteiger partial charge < -0.3 is 4.13 Å². The first-order valence-electron chi connectivity index (χ1n) is 9.77. The highest BCUT2D eigenvalue weighted by atomic mass is 32.3. The minimum absolute atomic E-state index is 0.0599. The molecule has 0 unspecified atom stereocenters. The van der Waals surface area contributed by atoms with Crippen LogP contribution in [-0.4, -0.2) is 22.1 Å². The Morgan fingerprint density at radius 1 is 0.815 bits per heavy atom. The van der Waals surface area contributed by atoms with Crippen LogP contribution in [0.2, 0.25) is 0 Å². The first-order chi connectivity index (χ1) is 12.4. The van der Waals surface area contributed by atoms with E-state index in [1.807, 2.05) is 39.8 Å². The van der Waals surface area contributed by atoms with Crippen LogP contribution in [0, 0.1) is 0 Å². The Kier molecular flexibility index (Phi) is 6.80. The Morgan fingerprint density at radius 2 is 1.26 bits per heavy atom. The van der Waals surface area contributed by atoms with E-state index in [1.165, 1.54) is 0 Å². The van der Waals surface area contributed by atoms with E-state index in [9.17, 15) is 16.8 Å². The summed E-state index contributed by atoms with van der Waals surface area (Å²) in [7, 11) is -8.35. The zero-order valence-electron chi connectivity index (χ0n) is 17.2. The van der Waals surface area contributed by atoms with Crippen molar-refractivity contribution in [1.82, 2.24) is 0 Å². The maximum absolute atomic E-state index is 13.2. The van der Waals surface area contributed by atoms with E-state index in [0.29, 0.717) is 24.0 Å². The quantitative estimate of drug-likeness (QED) is 0.599. The average molecular weight is 415 g/mol. The summed E-state index contributed by atoms with van der Waals surface area (Å²) in [5.74, 6) is 0.127. The fraction of sp³-hybridized carbons (Fsp3) is 0.700. The largest absolute Gasteiger partial charge is 0.432 e. The molecule has 7 heteroatoms. The van der Waals surface area contributed by atoms with Crippen molar-refractivity contribution in [3.63, 3.8) is 0 Å². The molecular weight excluding hydrogens is 382 g/mol. The SMILES string of the molecule is CC(C)c1cc(C(C)C)c(S(=O)(=O)[N-]S(=O)(=O)C2CCCC2)c(C(C)C)c1. The summed E-state index contributed by atoms with van der Waals surface area (Å²) in [6.07, 6.45) is 2.58. The van der Waals surface area contributed by atoms with Crippen molar-refractivity contribution in [1.29, 1.82) is 0 Å². The second-order valence-electron chi connectivity index (χ2n) is 8.46. The van der Waals surface area contributed by atoms with Gasteiger partial charge in [-0.2, -0.15) is 0 Å². The first kappa shape index (κ1) is 22.4. The Balaban J connectivity index is 2.63. The lowest BCUT2D eigenvalue weighted by Gasteiger charge is -2.30. The second-order valence-corrected chi connectivity index (χ2v) is 12.1. The summed E-state index contributed by atoms with van der Waals surface area (Å²) in [6, 6.07) is 3.79. The van der Waals surface area contributed by atoms with Gasteiger partial charge in [0.2, 0.25) is 0 Å². The Morgan fingerprint density at radius 3 is 1.63 bits per heavy atom. The zero-order valence-corrected chi connectivity index (χ0v) is 18.8. The van der Waals surface area contributed by atoms with Gasteiger partial charge in [-0.1, -0.05) is 66.5 Å². The molecule has 1 saturated carbocycles. The molecule has 1 aromatic rings. The average Bonchev–Trinajstić information content (AvgIpc) is 3.07. The summed E-state index contributed by atoms with van der Waals surface area (Å²) in [5.41, 5.74) is 2.35. The van der Waals surface area contributed by atoms with Crippen molar-refractivity contribution < 1.29 is 16.8 Å². The van der Waals surface area contributed by atoms with Gasteiger partial charge in [0.15, 0.2) is 0 Å². The number of benzene rings is 1. The second kappa shape index (κ2) is 8.21. The van der Waals surface area contributed by atoms with E-state index in [-0.39, 0.29) is 22.6 Å². The first-order valence-corrected chi connectivity index (χ1v) is 12.7. The maximum Gasteiger partial charge on any atom is 0.112 e. The van der Waals surface area contributed by atoms with Gasteiger partial charge in [-0.05, 0) is 47.3 Å². The third-order valence-electron chi connectivity index (χ3n) is 5.26. The number of hydrogen-bond donors (Lipinski definition) is 0. The van der Waals surface area contributed by atoms with Crippen molar-refractivity contribution in [2.24, 2.45) is 0 Å². The van der Waals surface area contributed by atoms with Crippen LogP contribution < -0.4 is 0 Å². The fourth-order valence-corrected chi connectivity index (χ4v) is 7.60. The van der Waals surface area contributed by atoms with E-state index in [4.69, 9.17) is 0 Å². The van der Waals surface area contributed by atoms with Crippen LogP contribution in [0.3, 0.4) is 0 Å². The Bertz CT molecular complexity index is 850. The molecule has 1 aliphatic rings. The lowest BCUT2D eigenvalue weighted by atomic mass is 9.89. The molecule has 0 heterocycles. The third-order valence-corrected chi connectivity index (χ3v) is 9.18. The molecule has 1 aromatic carbocycles. The molecule has 0 bridgehead atoms. The van der Waals surface area contributed by atoms with Crippen molar-refractivity contribution in [2.75, 3.05) is 0 Å². The molecule has 0 aromatic heterocycles. The van der Waals surface area contributed by atoms with E-state index < -0.39 is 25.3 Å². The summed E-state index contributed by atoms with van der Waals surface area (Å²) >= 11 is 0. The molecule has 1 aliphatic carbocycles. The summed E-state index contributed by atoms with van der Waals surface area (Å²) < 4.78 is 55.1. The van der Waals surface area contributed by atoms with E-state index in [0.717, 1.165) is 18.4 Å². The predicted molar refractivity (Wildman–Crippen MR) is 110 cm³/mol. The number of hydrogen-bond acceptors (Lipinski definition) is 4. The molecule has 0 radical (unpaired) electrons. The van der Waals surface area contributed by atoms with E-state index in [1.54, 1.807) is 0 Å². The monoisotopic (exact) mass is 414 g/mol. The predicted octanol–water partition coefficient (Wildman–Crippen LogP) is 5.39. The Labute approximate surface area is 165 Å². The number of rotatable bonds is 7. The van der Waals surface area contributed by atoms with Crippen molar-refractivity contribution >= 4 is 20.0 Å². The molecule has 27 heavy (non-hydrogen) atoms. The van der Waals surface area contributed by atoms with E-state index >= 15 is 0 Å². The lowest BCUT2D eigenvalue weighted by Crippen LogP contribution is -2.21. The molecule has 0 N–H and O–H groups in total. The van der Waals surface area contributed by atoms with E-state index in [2.05, 4.69) is 18.0 Å². The topological polar surface area (TPSA) is 82.4 Å². The summed E-state index contributed by atoms with van der Waals surface area (Å²) in [5, 5.41) is -0.674. The van der Waals surface area contributed by atoms with Gasteiger partial charge >= 0.3 is 0 Å². The Hall–Kier alpha value is -0.920. The molecular formula is C20H32NO4S2-. The fourth-order valence-electron chi connectivity index (χ4n) is 3.61. The molecule has 154 valence electrons. The van der Waals surface area contributed by atoms with Gasteiger partial charge in [0.05, 0.1) is 14.9 Å². The molecule has 0 amide bonds. The highest BCUT2D eigenvalue weighted by Gasteiger charge is 2.28. The van der Waals surface area contributed by atoms with Gasteiger partial charge in [-0.3, -0.25) is 0 Å². The van der Waals surface area contributed by atoms with Gasteiger partial charge in [0.1, 0.15) is 10.0 Å². The molecule has 0 saturated heterocycles. The lowest BCUT2D eigenvalue weighted by molar-refractivity contribution is 0.583.